The van der Waals surface area contributed by atoms with E-state index in [1.54, 1.807) is 31.3 Å². The highest BCUT2D eigenvalue weighted by Crippen LogP contribution is 2.19. The van der Waals surface area contributed by atoms with Gasteiger partial charge in [0.25, 0.3) is 11.5 Å². The standard InChI is InChI=1S/C21H17BrFN5O3S/c1-11-19(30)27(9-13-2-3-14(22)15(23)6-13)21(31)28-10-16(32-20(11)28)18(29)26-8-12-4-5-25-17(24)7-12/h2-7,10H,8-9H2,1H3,(H2,24,25)(H,26,29). The highest BCUT2D eigenvalue weighted by Gasteiger charge is 2.18. The van der Waals surface area contributed by atoms with Gasteiger partial charge in [-0.15, -0.1) is 11.3 Å². The van der Waals surface area contributed by atoms with Crippen LogP contribution < -0.4 is 22.3 Å². The van der Waals surface area contributed by atoms with Crippen LogP contribution in [-0.2, 0) is 13.1 Å². The molecular weight excluding hydrogens is 501 g/mol. The van der Waals surface area contributed by atoms with Crippen LogP contribution in [0.1, 0.15) is 26.4 Å². The maximum absolute atomic E-state index is 13.9. The van der Waals surface area contributed by atoms with Crippen molar-refractivity contribution in [2.75, 3.05) is 5.73 Å². The number of anilines is 1. The van der Waals surface area contributed by atoms with Gasteiger partial charge >= 0.3 is 5.69 Å². The fourth-order valence-corrected chi connectivity index (χ4v) is 4.45. The number of hydrogen-bond acceptors (Lipinski definition) is 6. The van der Waals surface area contributed by atoms with Crippen LogP contribution in [0.15, 0.2) is 56.8 Å². The Morgan fingerprint density at radius 3 is 2.75 bits per heavy atom. The van der Waals surface area contributed by atoms with Crippen LogP contribution in [0.25, 0.3) is 4.83 Å². The van der Waals surface area contributed by atoms with E-state index in [9.17, 15) is 18.8 Å². The minimum Gasteiger partial charge on any atom is -0.384 e. The average molecular weight is 518 g/mol. The monoisotopic (exact) mass is 517 g/mol. The molecule has 0 atom stereocenters. The van der Waals surface area contributed by atoms with Gasteiger partial charge in [-0.25, -0.2) is 14.2 Å². The number of carbonyl (C=O) groups excluding carboxylic acids is 1. The minimum atomic E-state index is -0.601. The summed E-state index contributed by atoms with van der Waals surface area (Å²) in [6.07, 6.45) is 2.95. The first kappa shape index (κ1) is 21.9. The van der Waals surface area contributed by atoms with Crippen molar-refractivity contribution >= 4 is 43.8 Å². The first-order chi connectivity index (χ1) is 15.2. The van der Waals surface area contributed by atoms with Crippen LogP contribution in [0.3, 0.4) is 0 Å². The van der Waals surface area contributed by atoms with E-state index in [4.69, 9.17) is 5.73 Å². The summed E-state index contributed by atoms with van der Waals surface area (Å²) in [5.41, 5.74) is 6.13. The molecule has 0 aliphatic carbocycles. The van der Waals surface area contributed by atoms with Gasteiger partial charge < -0.3 is 11.1 Å². The molecule has 0 fully saturated rings. The molecule has 3 N–H and O–H groups in total. The van der Waals surface area contributed by atoms with E-state index in [1.807, 2.05) is 0 Å². The highest BCUT2D eigenvalue weighted by atomic mass is 79.9. The number of benzene rings is 1. The normalized spacial score (nSPS) is 11.1. The Hall–Kier alpha value is -3.31. The minimum absolute atomic E-state index is 0.0908. The van der Waals surface area contributed by atoms with Gasteiger partial charge in [-0.2, -0.15) is 0 Å². The Morgan fingerprint density at radius 2 is 2.03 bits per heavy atom. The zero-order chi connectivity index (χ0) is 23.0. The van der Waals surface area contributed by atoms with Gasteiger partial charge in [0, 0.05) is 24.5 Å². The lowest BCUT2D eigenvalue weighted by atomic mass is 10.2. The first-order valence-corrected chi connectivity index (χ1v) is 11.0. The summed E-state index contributed by atoms with van der Waals surface area (Å²) in [5.74, 6) is -0.528. The molecule has 0 aliphatic rings. The molecule has 0 bridgehead atoms. The molecule has 8 nitrogen and oxygen atoms in total. The number of thiazole rings is 1. The predicted octanol–water partition coefficient (Wildman–Crippen LogP) is 2.69. The van der Waals surface area contributed by atoms with E-state index in [0.29, 0.717) is 26.2 Å². The molecule has 1 amide bonds. The number of nitrogens with one attached hydrogen (secondary N) is 1. The van der Waals surface area contributed by atoms with E-state index in [2.05, 4.69) is 26.2 Å². The topological polar surface area (TPSA) is 111 Å². The lowest BCUT2D eigenvalue weighted by Crippen LogP contribution is -2.38. The molecule has 32 heavy (non-hydrogen) atoms. The van der Waals surface area contributed by atoms with Gasteiger partial charge in [-0.05, 0) is 58.2 Å². The molecule has 4 aromatic rings. The second-order valence-electron chi connectivity index (χ2n) is 7.09. The number of carbonyl (C=O) groups is 1. The van der Waals surface area contributed by atoms with Crippen molar-refractivity contribution in [3.63, 3.8) is 0 Å². The van der Waals surface area contributed by atoms with E-state index < -0.39 is 17.1 Å². The molecule has 3 heterocycles. The number of hydrogen-bond donors (Lipinski definition) is 2. The third kappa shape index (κ3) is 4.21. The molecule has 0 saturated carbocycles. The van der Waals surface area contributed by atoms with Crippen molar-refractivity contribution in [2.24, 2.45) is 0 Å². The van der Waals surface area contributed by atoms with Crippen molar-refractivity contribution in [3.05, 3.63) is 95.4 Å². The fraction of sp³-hybridized carbons (Fsp3) is 0.143. The predicted molar refractivity (Wildman–Crippen MR) is 124 cm³/mol. The number of nitrogens with two attached hydrogens (primary N) is 1. The number of amides is 1. The third-order valence-corrected chi connectivity index (χ3v) is 6.69. The Morgan fingerprint density at radius 1 is 1.25 bits per heavy atom. The van der Waals surface area contributed by atoms with Crippen molar-refractivity contribution in [1.29, 1.82) is 0 Å². The van der Waals surface area contributed by atoms with Gasteiger partial charge in [0.05, 0.1) is 11.0 Å². The van der Waals surface area contributed by atoms with Gasteiger partial charge in [-0.1, -0.05) is 6.07 Å². The van der Waals surface area contributed by atoms with Crippen LogP contribution in [0.2, 0.25) is 0 Å². The lowest BCUT2D eigenvalue weighted by Gasteiger charge is -2.08. The van der Waals surface area contributed by atoms with Gasteiger partial charge in [0.2, 0.25) is 0 Å². The summed E-state index contributed by atoms with van der Waals surface area (Å²) < 4.78 is 16.4. The summed E-state index contributed by atoms with van der Waals surface area (Å²) in [4.78, 5) is 43.0. The Balaban J connectivity index is 1.66. The summed E-state index contributed by atoms with van der Waals surface area (Å²) in [5, 5.41) is 2.76. The van der Waals surface area contributed by atoms with Crippen LogP contribution in [-0.4, -0.2) is 19.9 Å². The van der Waals surface area contributed by atoms with Crippen molar-refractivity contribution in [2.45, 2.75) is 20.0 Å². The number of aryl methyl sites for hydroxylation is 1. The van der Waals surface area contributed by atoms with E-state index in [0.717, 1.165) is 21.5 Å². The second kappa shape index (κ2) is 8.67. The van der Waals surface area contributed by atoms with E-state index >= 15 is 0 Å². The smallest absolute Gasteiger partial charge is 0.336 e. The van der Waals surface area contributed by atoms with Crippen molar-refractivity contribution < 1.29 is 9.18 Å². The lowest BCUT2D eigenvalue weighted by molar-refractivity contribution is 0.0954. The SMILES string of the molecule is Cc1c(=O)n(Cc2ccc(Br)c(F)c2)c(=O)n2cc(C(=O)NCc3ccnc(N)c3)sc12. The summed E-state index contributed by atoms with van der Waals surface area (Å²) >= 11 is 4.13. The molecule has 0 unspecified atom stereocenters. The molecule has 0 spiro atoms. The quantitative estimate of drug-likeness (QED) is 0.422. The number of halogens is 2. The van der Waals surface area contributed by atoms with Gasteiger partial charge in [-0.3, -0.25) is 18.6 Å². The maximum Gasteiger partial charge on any atom is 0.336 e. The maximum atomic E-state index is 13.9. The van der Waals surface area contributed by atoms with Crippen LogP contribution in [0.5, 0.6) is 0 Å². The zero-order valence-corrected chi connectivity index (χ0v) is 19.2. The number of fused-ring (bicyclic) bond motifs is 1. The number of nitrogens with zero attached hydrogens (tertiary/aromatic N) is 3. The largest absolute Gasteiger partial charge is 0.384 e. The molecule has 3 aromatic heterocycles. The van der Waals surface area contributed by atoms with Crippen molar-refractivity contribution in [1.82, 2.24) is 19.3 Å². The zero-order valence-electron chi connectivity index (χ0n) is 16.8. The third-order valence-electron chi connectivity index (χ3n) is 4.84. The molecule has 1 aromatic carbocycles. The van der Waals surface area contributed by atoms with Crippen molar-refractivity contribution in [3.8, 4) is 0 Å². The number of pyridine rings is 1. The molecule has 0 aliphatic heterocycles. The number of rotatable bonds is 5. The highest BCUT2D eigenvalue weighted by molar-refractivity contribution is 9.10. The number of nitrogen functional groups attached to an aromatic ring is 1. The van der Waals surface area contributed by atoms with Gasteiger partial charge in [0.15, 0.2) is 0 Å². The molecule has 164 valence electrons. The molecule has 11 heteroatoms. The summed E-state index contributed by atoms with van der Waals surface area (Å²) in [6.45, 7) is 1.73. The molecule has 0 radical (unpaired) electrons. The Kier molecular flexibility index (Phi) is 5.94. The Labute approximate surface area is 193 Å². The van der Waals surface area contributed by atoms with Crippen LogP contribution in [0, 0.1) is 12.7 Å². The van der Waals surface area contributed by atoms with Gasteiger partial charge in [0.1, 0.15) is 21.3 Å². The van der Waals surface area contributed by atoms with E-state index in [-0.39, 0.29) is 23.9 Å². The average Bonchev–Trinajstić information content (AvgIpc) is 3.22. The molecular formula is C21H17BrFN5O3S. The first-order valence-electron chi connectivity index (χ1n) is 9.42. The molecule has 4 rings (SSSR count). The van der Waals surface area contributed by atoms with Crippen LogP contribution >= 0.6 is 27.3 Å². The second-order valence-corrected chi connectivity index (χ2v) is 8.97. The Bertz CT molecular complexity index is 1480. The summed E-state index contributed by atoms with van der Waals surface area (Å²) in [7, 11) is 0. The number of aromatic nitrogens is 3. The summed E-state index contributed by atoms with van der Waals surface area (Å²) in [6, 6.07) is 7.79. The fourth-order valence-electron chi connectivity index (χ4n) is 3.20. The van der Waals surface area contributed by atoms with Crippen LogP contribution in [0.4, 0.5) is 10.2 Å². The van der Waals surface area contributed by atoms with E-state index in [1.165, 1.54) is 22.7 Å². The molecule has 0 saturated heterocycles.